The van der Waals surface area contributed by atoms with E-state index in [1.54, 1.807) is 0 Å². The first-order valence-corrected chi connectivity index (χ1v) is 3.19. The number of hydrogen-bond donors (Lipinski definition) is 1. The van der Waals surface area contributed by atoms with Gasteiger partial charge < -0.3 is 5.32 Å². The van der Waals surface area contributed by atoms with Gasteiger partial charge in [-0.1, -0.05) is 13.3 Å². The Bertz CT molecular complexity index is 83.1. The average Bonchev–Trinajstić information content (AvgIpc) is 1.89. The van der Waals surface area contributed by atoms with Crippen molar-refractivity contribution in [2.45, 2.75) is 19.8 Å². The first-order valence-electron chi connectivity index (χ1n) is 3.19. The summed E-state index contributed by atoms with van der Waals surface area (Å²) < 4.78 is 0. The van der Waals surface area contributed by atoms with Gasteiger partial charge in [0, 0.05) is 13.6 Å². The van der Waals surface area contributed by atoms with Crippen LogP contribution in [0.2, 0.25) is 0 Å². The molecule has 0 atom stereocenters. The van der Waals surface area contributed by atoms with Crippen LogP contribution in [0.3, 0.4) is 0 Å². The SMILES string of the molecule is CCCCNC(=O)[N]C. The van der Waals surface area contributed by atoms with Crippen molar-refractivity contribution in [3.05, 3.63) is 0 Å². The van der Waals surface area contributed by atoms with Crippen LogP contribution < -0.4 is 10.6 Å². The van der Waals surface area contributed by atoms with Crippen LogP contribution in [-0.2, 0) is 0 Å². The highest BCUT2D eigenvalue weighted by molar-refractivity contribution is 5.72. The van der Waals surface area contributed by atoms with E-state index >= 15 is 0 Å². The fourth-order valence-electron chi connectivity index (χ4n) is 0.451. The van der Waals surface area contributed by atoms with Crippen LogP contribution in [0.25, 0.3) is 0 Å². The van der Waals surface area contributed by atoms with Gasteiger partial charge in [-0.25, -0.2) is 10.1 Å². The fourth-order valence-corrected chi connectivity index (χ4v) is 0.451. The second-order valence-corrected chi connectivity index (χ2v) is 1.81. The topological polar surface area (TPSA) is 43.2 Å². The molecule has 0 unspecified atom stereocenters. The molecule has 3 nitrogen and oxygen atoms in total. The van der Waals surface area contributed by atoms with E-state index in [0.29, 0.717) is 0 Å². The van der Waals surface area contributed by atoms with E-state index in [0.717, 1.165) is 19.4 Å². The molecule has 9 heavy (non-hydrogen) atoms. The van der Waals surface area contributed by atoms with Crippen LogP contribution in [0, 0.1) is 0 Å². The molecule has 1 radical (unpaired) electrons. The molecule has 0 aromatic rings. The fraction of sp³-hybridized carbons (Fsp3) is 0.833. The maximum Gasteiger partial charge on any atom is 0.336 e. The van der Waals surface area contributed by atoms with Crippen molar-refractivity contribution in [3.8, 4) is 0 Å². The summed E-state index contributed by atoms with van der Waals surface area (Å²) >= 11 is 0. The smallest absolute Gasteiger partial charge is 0.336 e. The Morgan fingerprint density at radius 3 is 2.78 bits per heavy atom. The minimum absolute atomic E-state index is 0.219. The molecule has 0 aliphatic carbocycles. The van der Waals surface area contributed by atoms with Crippen molar-refractivity contribution in [2.24, 2.45) is 0 Å². The number of amides is 2. The van der Waals surface area contributed by atoms with E-state index < -0.39 is 0 Å². The number of hydrogen-bond acceptors (Lipinski definition) is 1. The van der Waals surface area contributed by atoms with Gasteiger partial charge in [0.15, 0.2) is 0 Å². The third kappa shape index (κ3) is 5.14. The highest BCUT2D eigenvalue weighted by Crippen LogP contribution is 1.81. The van der Waals surface area contributed by atoms with E-state index in [2.05, 4.69) is 17.6 Å². The zero-order valence-electron chi connectivity index (χ0n) is 5.98. The van der Waals surface area contributed by atoms with E-state index in [1.807, 2.05) is 0 Å². The van der Waals surface area contributed by atoms with E-state index in [-0.39, 0.29) is 6.03 Å². The molecular weight excluding hydrogens is 116 g/mol. The molecule has 53 valence electrons. The quantitative estimate of drug-likeness (QED) is 0.561. The summed E-state index contributed by atoms with van der Waals surface area (Å²) in [4.78, 5) is 10.4. The Hall–Kier alpha value is -0.730. The maximum atomic E-state index is 10.4. The second-order valence-electron chi connectivity index (χ2n) is 1.81. The maximum absolute atomic E-state index is 10.4. The number of nitrogens with zero attached hydrogens (tertiary/aromatic N) is 1. The largest absolute Gasteiger partial charge is 0.337 e. The van der Waals surface area contributed by atoms with Crippen molar-refractivity contribution in [3.63, 3.8) is 0 Å². The lowest BCUT2D eigenvalue weighted by molar-refractivity contribution is 0.242. The molecule has 0 saturated heterocycles. The van der Waals surface area contributed by atoms with Crippen molar-refractivity contribution in [2.75, 3.05) is 13.6 Å². The predicted octanol–water partition coefficient (Wildman–Crippen LogP) is 0.730. The van der Waals surface area contributed by atoms with Gasteiger partial charge in [-0.05, 0) is 6.42 Å². The number of carbonyl (C=O) groups is 1. The van der Waals surface area contributed by atoms with Gasteiger partial charge >= 0.3 is 6.03 Å². The lowest BCUT2D eigenvalue weighted by atomic mass is 10.3. The van der Waals surface area contributed by atoms with Gasteiger partial charge in [0.2, 0.25) is 0 Å². The third-order valence-corrected chi connectivity index (χ3v) is 1.01. The van der Waals surface area contributed by atoms with Crippen LogP contribution in [0.5, 0.6) is 0 Å². The Balaban J connectivity index is 2.97. The molecule has 2 amide bonds. The monoisotopic (exact) mass is 129 g/mol. The number of rotatable bonds is 3. The minimum atomic E-state index is -0.219. The summed E-state index contributed by atoms with van der Waals surface area (Å²) in [5.41, 5.74) is 0. The first-order chi connectivity index (χ1) is 4.31. The van der Waals surface area contributed by atoms with Crippen LogP contribution in [-0.4, -0.2) is 19.6 Å². The molecule has 0 saturated carbocycles. The molecule has 1 N–H and O–H groups in total. The first kappa shape index (κ1) is 8.27. The minimum Gasteiger partial charge on any atom is -0.337 e. The van der Waals surface area contributed by atoms with Crippen molar-refractivity contribution >= 4 is 6.03 Å². The zero-order chi connectivity index (χ0) is 7.11. The summed E-state index contributed by atoms with van der Waals surface area (Å²) in [7, 11) is 1.49. The summed E-state index contributed by atoms with van der Waals surface area (Å²) in [6, 6.07) is -0.219. The average molecular weight is 129 g/mol. The lowest BCUT2D eigenvalue weighted by Crippen LogP contribution is -2.28. The van der Waals surface area contributed by atoms with Crippen molar-refractivity contribution < 1.29 is 4.79 Å². The van der Waals surface area contributed by atoms with E-state index in [9.17, 15) is 4.79 Å². The Morgan fingerprint density at radius 1 is 1.67 bits per heavy atom. The number of carbonyl (C=O) groups excluding carboxylic acids is 1. The van der Waals surface area contributed by atoms with Crippen LogP contribution in [0.15, 0.2) is 0 Å². The Labute approximate surface area is 55.8 Å². The normalized spacial score (nSPS) is 8.67. The van der Waals surface area contributed by atoms with Crippen molar-refractivity contribution in [1.29, 1.82) is 0 Å². The number of urea groups is 1. The summed E-state index contributed by atoms with van der Waals surface area (Å²) in [6.45, 7) is 2.82. The van der Waals surface area contributed by atoms with E-state index in [1.165, 1.54) is 7.05 Å². The molecular formula is C6H13N2O. The summed E-state index contributed by atoms with van der Waals surface area (Å²) in [5, 5.41) is 6.04. The highest BCUT2D eigenvalue weighted by Gasteiger charge is 1.92. The summed E-state index contributed by atoms with van der Waals surface area (Å²) in [6.07, 6.45) is 2.13. The number of unbranched alkanes of at least 4 members (excludes halogenated alkanes) is 1. The van der Waals surface area contributed by atoms with Crippen molar-refractivity contribution in [1.82, 2.24) is 10.6 Å². The molecule has 0 bridgehead atoms. The zero-order valence-corrected chi connectivity index (χ0v) is 5.98. The molecule has 0 heterocycles. The number of nitrogens with one attached hydrogen (secondary N) is 1. The molecule has 0 aliphatic rings. The molecule has 3 heteroatoms. The third-order valence-electron chi connectivity index (χ3n) is 1.01. The van der Waals surface area contributed by atoms with Gasteiger partial charge in [0.1, 0.15) is 0 Å². The van der Waals surface area contributed by atoms with Crippen LogP contribution >= 0.6 is 0 Å². The van der Waals surface area contributed by atoms with Gasteiger partial charge in [-0.2, -0.15) is 0 Å². The van der Waals surface area contributed by atoms with Crippen LogP contribution in [0.1, 0.15) is 19.8 Å². The Kier molecular flexibility index (Phi) is 4.97. The predicted molar refractivity (Wildman–Crippen MR) is 36.4 cm³/mol. The Morgan fingerprint density at radius 2 is 2.33 bits per heavy atom. The van der Waals surface area contributed by atoms with Gasteiger partial charge in [-0.15, -0.1) is 0 Å². The van der Waals surface area contributed by atoms with E-state index in [4.69, 9.17) is 0 Å². The summed E-state index contributed by atoms with van der Waals surface area (Å²) in [5.74, 6) is 0. The molecule has 0 rings (SSSR count). The molecule has 0 aromatic carbocycles. The lowest BCUT2D eigenvalue weighted by Gasteiger charge is -1.98. The van der Waals surface area contributed by atoms with Gasteiger partial charge in [-0.3, -0.25) is 0 Å². The molecule has 0 spiro atoms. The second kappa shape index (κ2) is 5.41. The molecule has 0 aliphatic heterocycles. The molecule has 0 aromatic heterocycles. The standard InChI is InChI=1S/C6H13N2O/c1-3-4-5-8-6(9)7-2/h3-5H2,1-2H3,(H,8,9). The van der Waals surface area contributed by atoms with Gasteiger partial charge in [0.25, 0.3) is 0 Å². The molecule has 0 fully saturated rings. The van der Waals surface area contributed by atoms with Gasteiger partial charge in [0.05, 0.1) is 0 Å². The van der Waals surface area contributed by atoms with Crippen LogP contribution in [0.4, 0.5) is 4.79 Å². The highest BCUT2D eigenvalue weighted by atomic mass is 16.2.